The lowest BCUT2D eigenvalue weighted by atomic mass is 10.1. The van der Waals surface area contributed by atoms with Crippen molar-refractivity contribution >= 4 is 29.2 Å². The van der Waals surface area contributed by atoms with Crippen LogP contribution in [0, 0.1) is 5.82 Å². The van der Waals surface area contributed by atoms with Gasteiger partial charge in [0.15, 0.2) is 0 Å². The number of hydrogen-bond acceptors (Lipinski definition) is 2. The number of benzene rings is 1. The number of aromatic carboxylic acids is 1. The first-order valence-electron chi connectivity index (χ1n) is 4.08. The first-order valence-corrected chi connectivity index (χ1v) is 4.84. The van der Waals surface area contributed by atoms with E-state index in [4.69, 9.17) is 34.0 Å². The van der Waals surface area contributed by atoms with E-state index in [2.05, 4.69) is 0 Å². The van der Waals surface area contributed by atoms with Gasteiger partial charge in [-0.05, 0) is 24.6 Å². The van der Waals surface area contributed by atoms with Crippen LogP contribution < -0.4 is 5.73 Å². The maximum Gasteiger partial charge on any atom is 0.337 e. The zero-order chi connectivity index (χ0) is 11.6. The highest BCUT2D eigenvalue weighted by Crippen LogP contribution is 2.31. The van der Waals surface area contributed by atoms with Crippen molar-refractivity contribution in [3.05, 3.63) is 33.1 Å². The molecule has 1 aromatic carbocycles. The Balaban J connectivity index is 3.41. The van der Waals surface area contributed by atoms with Crippen LogP contribution in [0.1, 0.15) is 15.9 Å². The monoisotopic (exact) mass is 251 g/mol. The maximum atomic E-state index is 13.2. The second kappa shape index (κ2) is 4.79. The molecule has 0 aliphatic carbocycles. The van der Waals surface area contributed by atoms with Gasteiger partial charge in [-0.1, -0.05) is 23.2 Å². The standard InChI is InChI=1S/C9H8Cl2FNO2/c10-7-4(1-2-13)8(11)6(12)3-5(7)9(14)15/h3H,1-2,13H2,(H,14,15). The van der Waals surface area contributed by atoms with E-state index in [9.17, 15) is 9.18 Å². The van der Waals surface area contributed by atoms with Crippen molar-refractivity contribution in [1.29, 1.82) is 0 Å². The summed E-state index contributed by atoms with van der Waals surface area (Å²) >= 11 is 11.4. The highest BCUT2D eigenvalue weighted by Gasteiger charge is 2.18. The first kappa shape index (κ1) is 12.2. The SMILES string of the molecule is NCCc1c(Cl)c(F)cc(C(=O)O)c1Cl. The van der Waals surface area contributed by atoms with Gasteiger partial charge in [-0.25, -0.2) is 9.18 Å². The van der Waals surface area contributed by atoms with Crippen LogP contribution in [-0.4, -0.2) is 17.6 Å². The summed E-state index contributed by atoms with van der Waals surface area (Å²) in [5.41, 5.74) is 5.22. The van der Waals surface area contributed by atoms with Crippen LogP contribution in [0.3, 0.4) is 0 Å². The van der Waals surface area contributed by atoms with Crippen molar-refractivity contribution in [2.75, 3.05) is 6.54 Å². The highest BCUT2D eigenvalue weighted by molar-refractivity contribution is 6.38. The molecule has 0 fully saturated rings. The van der Waals surface area contributed by atoms with Gasteiger partial charge in [-0.15, -0.1) is 0 Å². The van der Waals surface area contributed by atoms with Gasteiger partial charge in [0, 0.05) is 0 Å². The van der Waals surface area contributed by atoms with Crippen molar-refractivity contribution in [2.24, 2.45) is 5.73 Å². The Kier molecular flexibility index (Phi) is 3.90. The molecule has 0 radical (unpaired) electrons. The lowest BCUT2D eigenvalue weighted by Gasteiger charge is -2.09. The number of hydrogen-bond donors (Lipinski definition) is 2. The molecule has 1 aromatic rings. The highest BCUT2D eigenvalue weighted by atomic mass is 35.5. The Morgan fingerprint density at radius 1 is 1.47 bits per heavy atom. The Morgan fingerprint density at radius 3 is 2.53 bits per heavy atom. The zero-order valence-electron chi connectivity index (χ0n) is 7.56. The third kappa shape index (κ3) is 2.40. The summed E-state index contributed by atoms with van der Waals surface area (Å²) < 4.78 is 13.2. The second-order valence-electron chi connectivity index (χ2n) is 2.86. The largest absolute Gasteiger partial charge is 0.478 e. The van der Waals surface area contributed by atoms with Gasteiger partial charge in [-0.2, -0.15) is 0 Å². The summed E-state index contributed by atoms with van der Waals surface area (Å²) in [5, 5.41) is 8.52. The van der Waals surface area contributed by atoms with Gasteiger partial charge < -0.3 is 10.8 Å². The number of carboxylic acids is 1. The maximum absolute atomic E-state index is 13.2. The minimum Gasteiger partial charge on any atom is -0.478 e. The van der Waals surface area contributed by atoms with Gasteiger partial charge in [0.25, 0.3) is 0 Å². The smallest absolute Gasteiger partial charge is 0.337 e. The average molecular weight is 252 g/mol. The molecule has 0 aliphatic rings. The van der Waals surface area contributed by atoms with Crippen LogP contribution in [0.15, 0.2) is 6.07 Å². The van der Waals surface area contributed by atoms with Crippen LogP contribution in [0.25, 0.3) is 0 Å². The molecule has 3 nitrogen and oxygen atoms in total. The minimum absolute atomic E-state index is 0.0562. The predicted molar refractivity (Wildman–Crippen MR) is 56.1 cm³/mol. The number of halogens is 3. The number of carboxylic acid groups (broad SMARTS) is 1. The third-order valence-corrected chi connectivity index (χ3v) is 2.71. The molecule has 0 aromatic heterocycles. The molecule has 6 heteroatoms. The number of carbonyl (C=O) groups is 1. The van der Waals surface area contributed by atoms with Crippen LogP contribution in [0.4, 0.5) is 4.39 Å². The van der Waals surface area contributed by atoms with Crippen molar-refractivity contribution in [2.45, 2.75) is 6.42 Å². The molecule has 15 heavy (non-hydrogen) atoms. The summed E-state index contributed by atoms with van der Waals surface area (Å²) in [6.45, 7) is 0.210. The molecule has 0 saturated carbocycles. The van der Waals surface area contributed by atoms with Crippen LogP contribution >= 0.6 is 23.2 Å². The van der Waals surface area contributed by atoms with Crippen molar-refractivity contribution in [3.63, 3.8) is 0 Å². The number of rotatable bonds is 3. The quantitative estimate of drug-likeness (QED) is 0.811. The Hall–Kier alpha value is -0.840. The van der Waals surface area contributed by atoms with Gasteiger partial charge in [0.1, 0.15) is 5.82 Å². The molecule has 0 heterocycles. The molecule has 0 atom stereocenters. The summed E-state index contributed by atoms with van der Waals surface area (Å²) in [6.07, 6.45) is 0.232. The molecule has 0 unspecified atom stereocenters. The third-order valence-electron chi connectivity index (χ3n) is 1.87. The summed E-state index contributed by atoms with van der Waals surface area (Å²) in [5.74, 6) is -2.10. The Morgan fingerprint density at radius 2 is 2.07 bits per heavy atom. The summed E-state index contributed by atoms with van der Waals surface area (Å²) in [6, 6.07) is 0.799. The zero-order valence-corrected chi connectivity index (χ0v) is 9.07. The fourth-order valence-corrected chi connectivity index (χ4v) is 1.79. The van der Waals surface area contributed by atoms with Crippen molar-refractivity contribution < 1.29 is 14.3 Å². The van der Waals surface area contributed by atoms with E-state index in [1.807, 2.05) is 0 Å². The summed E-state index contributed by atoms with van der Waals surface area (Å²) in [7, 11) is 0. The van der Waals surface area contributed by atoms with E-state index in [1.165, 1.54) is 0 Å². The minimum atomic E-state index is -1.30. The molecule has 82 valence electrons. The molecule has 0 amide bonds. The van der Waals surface area contributed by atoms with E-state index in [0.29, 0.717) is 0 Å². The van der Waals surface area contributed by atoms with E-state index < -0.39 is 11.8 Å². The topological polar surface area (TPSA) is 63.3 Å². The molecule has 0 saturated heterocycles. The van der Waals surface area contributed by atoms with E-state index in [-0.39, 0.29) is 34.1 Å². The molecule has 0 aliphatic heterocycles. The molecular formula is C9H8Cl2FNO2. The van der Waals surface area contributed by atoms with Gasteiger partial charge in [0.2, 0.25) is 0 Å². The van der Waals surface area contributed by atoms with Crippen molar-refractivity contribution in [3.8, 4) is 0 Å². The normalized spacial score (nSPS) is 10.4. The Bertz CT molecular complexity index is 410. The molecule has 3 N–H and O–H groups in total. The van der Waals surface area contributed by atoms with Crippen LogP contribution in [0.5, 0.6) is 0 Å². The lowest BCUT2D eigenvalue weighted by Crippen LogP contribution is -2.08. The molecule has 0 spiro atoms. The lowest BCUT2D eigenvalue weighted by molar-refractivity contribution is 0.0696. The van der Waals surface area contributed by atoms with E-state index in [1.54, 1.807) is 0 Å². The predicted octanol–water partition coefficient (Wildman–Crippen LogP) is 2.33. The van der Waals surface area contributed by atoms with Crippen LogP contribution in [0.2, 0.25) is 10.0 Å². The Labute approximate surface area is 95.6 Å². The number of nitrogens with two attached hydrogens (primary N) is 1. The van der Waals surface area contributed by atoms with Crippen LogP contribution in [-0.2, 0) is 6.42 Å². The van der Waals surface area contributed by atoms with E-state index in [0.717, 1.165) is 6.07 Å². The fraction of sp³-hybridized carbons (Fsp3) is 0.222. The van der Waals surface area contributed by atoms with Gasteiger partial charge in [-0.3, -0.25) is 0 Å². The fourth-order valence-electron chi connectivity index (χ4n) is 1.18. The second-order valence-corrected chi connectivity index (χ2v) is 3.61. The van der Waals surface area contributed by atoms with Crippen molar-refractivity contribution in [1.82, 2.24) is 0 Å². The van der Waals surface area contributed by atoms with E-state index >= 15 is 0 Å². The molecule has 1 rings (SSSR count). The summed E-state index contributed by atoms with van der Waals surface area (Å²) in [4.78, 5) is 10.7. The first-order chi connectivity index (χ1) is 6.99. The average Bonchev–Trinajstić information content (AvgIpc) is 2.18. The molecule has 0 bridgehead atoms. The van der Waals surface area contributed by atoms with Gasteiger partial charge >= 0.3 is 5.97 Å². The molecular weight excluding hydrogens is 244 g/mol. The van der Waals surface area contributed by atoms with Gasteiger partial charge in [0.05, 0.1) is 15.6 Å².